The van der Waals surface area contributed by atoms with Crippen LogP contribution in [0.5, 0.6) is 0 Å². The van der Waals surface area contributed by atoms with Crippen LogP contribution in [0.2, 0.25) is 0 Å². The van der Waals surface area contributed by atoms with Crippen LogP contribution in [-0.2, 0) is 17.8 Å². The monoisotopic (exact) mass is 580 g/mol. The van der Waals surface area contributed by atoms with Crippen molar-refractivity contribution in [1.29, 1.82) is 10.8 Å². The molecule has 0 radical (unpaired) electrons. The molecule has 1 amide bonds. The van der Waals surface area contributed by atoms with Crippen molar-refractivity contribution in [2.24, 2.45) is 0 Å². The summed E-state index contributed by atoms with van der Waals surface area (Å²) in [4.78, 5) is 15.8. The molecule has 1 aliphatic rings. The van der Waals surface area contributed by atoms with Crippen LogP contribution in [0.3, 0.4) is 0 Å². The average Bonchev–Trinajstić information content (AvgIpc) is 3.68. The molecule has 3 aromatic carbocycles. The minimum Gasteiger partial charge on any atom is -0.361 e. The maximum atomic E-state index is 10.8. The Hall–Kier alpha value is -4.23. The van der Waals surface area contributed by atoms with Crippen molar-refractivity contribution in [1.82, 2.24) is 20.5 Å². The number of amides is 1. The number of aromatic nitrogens is 1. The number of rotatable bonds is 9. The number of hydrogen-bond acceptors (Lipinski definition) is 4. The van der Waals surface area contributed by atoms with E-state index in [1.165, 1.54) is 35.9 Å². The highest BCUT2D eigenvalue weighted by Crippen LogP contribution is 2.22. The van der Waals surface area contributed by atoms with Crippen molar-refractivity contribution in [2.75, 3.05) is 13.1 Å². The molecule has 0 aliphatic carbocycles. The van der Waals surface area contributed by atoms with Crippen molar-refractivity contribution >= 4 is 39.8 Å². The number of nitrogens with one attached hydrogen (secondary N) is 5. The average molecular weight is 581 g/mol. The van der Waals surface area contributed by atoms with Gasteiger partial charge in [0.05, 0.1) is 13.1 Å². The molecule has 0 spiro atoms. The van der Waals surface area contributed by atoms with E-state index in [0.29, 0.717) is 25.2 Å². The summed E-state index contributed by atoms with van der Waals surface area (Å²) in [5, 5.41) is 26.5. The minimum atomic E-state index is 0.0963. The number of allylic oxidation sites excluding steroid dienone is 2. The van der Waals surface area contributed by atoms with Gasteiger partial charge in [-0.25, -0.2) is 0 Å². The van der Waals surface area contributed by atoms with Crippen LogP contribution in [0.15, 0.2) is 84.6 Å². The zero-order chi connectivity index (χ0) is 31.0. The molecule has 0 saturated carbocycles. The number of aryl methyl sites for hydroxylation is 1. The fourth-order valence-electron chi connectivity index (χ4n) is 4.97. The summed E-state index contributed by atoms with van der Waals surface area (Å²) in [7, 11) is 0. The van der Waals surface area contributed by atoms with Gasteiger partial charge in [0.2, 0.25) is 6.41 Å². The Bertz CT molecular complexity index is 1490. The Kier molecular flexibility index (Phi) is 13.7. The van der Waals surface area contributed by atoms with Gasteiger partial charge in [-0.1, -0.05) is 72.3 Å². The first-order valence-corrected chi connectivity index (χ1v) is 15.3. The van der Waals surface area contributed by atoms with Crippen molar-refractivity contribution in [3.8, 4) is 0 Å². The van der Waals surface area contributed by atoms with Crippen LogP contribution >= 0.6 is 0 Å². The van der Waals surface area contributed by atoms with Crippen LogP contribution < -0.4 is 10.6 Å². The van der Waals surface area contributed by atoms with Crippen LogP contribution in [-0.4, -0.2) is 47.1 Å². The third-order valence-corrected chi connectivity index (χ3v) is 7.63. The number of benzene rings is 3. The molecule has 0 bridgehead atoms. The predicted octanol–water partition coefficient (Wildman–Crippen LogP) is 7.58. The number of hydrogen-bond donors (Lipinski definition) is 5. The predicted molar refractivity (Wildman–Crippen MR) is 182 cm³/mol. The van der Waals surface area contributed by atoms with Gasteiger partial charge in [-0.05, 0) is 87.9 Å². The van der Waals surface area contributed by atoms with Crippen molar-refractivity contribution in [3.63, 3.8) is 0 Å². The number of H-pyrrole nitrogens is 1. The summed E-state index contributed by atoms with van der Waals surface area (Å²) in [5.41, 5.74) is 4.80. The molecule has 1 fully saturated rings. The quantitative estimate of drug-likeness (QED) is 0.0609. The largest absolute Gasteiger partial charge is 0.361 e. The summed E-state index contributed by atoms with van der Waals surface area (Å²) in [6, 6.07) is 23.3. The molecule has 4 aromatic rings. The topological polar surface area (TPSA) is 108 Å². The van der Waals surface area contributed by atoms with E-state index in [4.69, 9.17) is 10.8 Å². The zero-order valence-corrected chi connectivity index (χ0v) is 26.2. The number of para-hydroxylation sites is 1. The first-order valence-electron chi connectivity index (χ1n) is 15.3. The molecule has 43 heavy (non-hydrogen) atoms. The highest BCUT2D eigenvalue weighted by Gasteiger charge is 2.17. The lowest BCUT2D eigenvalue weighted by Gasteiger charge is -2.26. The molecule has 7 heteroatoms. The van der Waals surface area contributed by atoms with Crippen LogP contribution in [0.1, 0.15) is 64.5 Å². The van der Waals surface area contributed by atoms with E-state index in [9.17, 15) is 4.79 Å². The van der Waals surface area contributed by atoms with Gasteiger partial charge >= 0.3 is 0 Å². The zero-order valence-electron chi connectivity index (χ0n) is 26.2. The van der Waals surface area contributed by atoms with Crippen molar-refractivity contribution in [3.05, 3.63) is 95.7 Å². The van der Waals surface area contributed by atoms with Crippen LogP contribution in [0.25, 0.3) is 21.7 Å². The summed E-state index contributed by atoms with van der Waals surface area (Å²) in [5.74, 6) is 0.595. The molecule has 228 valence electrons. The van der Waals surface area contributed by atoms with Crippen molar-refractivity contribution in [2.45, 2.75) is 72.4 Å². The van der Waals surface area contributed by atoms with E-state index in [0.717, 1.165) is 40.7 Å². The van der Waals surface area contributed by atoms with Gasteiger partial charge in [-0.15, -0.1) is 0 Å². The van der Waals surface area contributed by atoms with E-state index in [-0.39, 0.29) is 12.4 Å². The standard InChI is InChI=1S/C26H27N5O.C5H11N.C5H10/c27-25(14-6-9-20-15-30-24-13-4-3-12-23(20)24)31(26(28)16-29-18-32)17-21-10-5-8-19-7-1-2-11-22(19)21;1-5-3-2-4-6-5;1-4-5(2)3/h1-5,7-8,10-13,15,18,27-28,30H,6,9,14,16-17H2,(H,29,32);5-6H,2-4H2,1H3;4H,1-3H3. The maximum Gasteiger partial charge on any atom is 0.207 e. The molecule has 1 atom stereocenters. The fraction of sp³-hybridized carbons (Fsp3) is 0.361. The smallest absolute Gasteiger partial charge is 0.207 e. The normalized spacial score (nSPS) is 13.7. The number of aromatic amines is 1. The van der Waals surface area contributed by atoms with Gasteiger partial charge in [0.1, 0.15) is 11.7 Å². The number of carbonyl (C=O) groups excluding carboxylic acids is 1. The van der Waals surface area contributed by atoms with E-state index >= 15 is 0 Å². The second-order valence-corrected chi connectivity index (χ2v) is 11.2. The first-order chi connectivity index (χ1) is 20.8. The van der Waals surface area contributed by atoms with Gasteiger partial charge in [0.25, 0.3) is 0 Å². The molecule has 1 aliphatic heterocycles. The Morgan fingerprint density at radius 3 is 2.33 bits per heavy atom. The molecule has 2 heterocycles. The number of nitrogens with zero attached hydrogens (tertiary/aromatic N) is 1. The summed E-state index contributed by atoms with van der Waals surface area (Å²) in [6.07, 6.45) is 9.67. The SMILES string of the molecule is CC1CCCN1.CC=C(C)C.N=C(CCCc1c[nH]c2ccccc12)N(Cc1cccc2ccccc12)C(=N)CNC=O. The van der Waals surface area contributed by atoms with E-state index in [2.05, 4.69) is 72.8 Å². The fourth-order valence-corrected chi connectivity index (χ4v) is 4.97. The maximum absolute atomic E-state index is 10.8. The van der Waals surface area contributed by atoms with E-state index in [1.54, 1.807) is 4.90 Å². The first kappa shape index (κ1) is 33.3. The Morgan fingerprint density at radius 1 is 0.977 bits per heavy atom. The molecular weight excluding hydrogens is 532 g/mol. The third kappa shape index (κ3) is 10.5. The number of fused-ring (bicyclic) bond motifs is 2. The Morgan fingerprint density at radius 2 is 1.67 bits per heavy atom. The molecule has 7 nitrogen and oxygen atoms in total. The van der Waals surface area contributed by atoms with Gasteiger partial charge in [-0.3, -0.25) is 15.6 Å². The number of carbonyl (C=O) groups is 1. The molecule has 5 N–H and O–H groups in total. The van der Waals surface area contributed by atoms with Crippen molar-refractivity contribution < 1.29 is 4.79 Å². The lowest BCUT2D eigenvalue weighted by Crippen LogP contribution is -2.40. The molecule has 5 rings (SSSR count). The summed E-state index contributed by atoms with van der Waals surface area (Å²) in [6.45, 7) is 10.2. The van der Waals surface area contributed by atoms with Crippen LogP contribution in [0.4, 0.5) is 0 Å². The van der Waals surface area contributed by atoms with Gasteiger partial charge < -0.3 is 20.5 Å². The van der Waals surface area contributed by atoms with E-state index in [1.807, 2.05) is 49.5 Å². The van der Waals surface area contributed by atoms with E-state index < -0.39 is 0 Å². The molecular formula is C36H48N6O. The summed E-state index contributed by atoms with van der Waals surface area (Å²) < 4.78 is 0. The highest BCUT2D eigenvalue weighted by molar-refractivity contribution is 6.00. The number of amidine groups is 2. The lowest BCUT2D eigenvalue weighted by molar-refractivity contribution is -0.109. The van der Waals surface area contributed by atoms with Crippen LogP contribution in [0, 0.1) is 10.8 Å². The Balaban J connectivity index is 0.000000388. The van der Waals surface area contributed by atoms with Gasteiger partial charge in [0.15, 0.2) is 0 Å². The second kappa shape index (κ2) is 17.7. The summed E-state index contributed by atoms with van der Waals surface area (Å²) >= 11 is 0. The lowest BCUT2D eigenvalue weighted by atomic mass is 10.0. The molecule has 1 saturated heterocycles. The second-order valence-electron chi connectivity index (χ2n) is 11.2. The Labute approximate surface area is 256 Å². The third-order valence-electron chi connectivity index (χ3n) is 7.63. The highest BCUT2D eigenvalue weighted by atomic mass is 16.1. The molecule has 1 aromatic heterocycles. The van der Waals surface area contributed by atoms with Gasteiger partial charge in [0, 0.05) is 29.6 Å². The molecule has 1 unspecified atom stereocenters. The minimum absolute atomic E-state index is 0.0963. The van der Waals surface area contributed by atoms with Gasteiger partial charge in [-0.2, -0.15) is 0 Å².